The van der Waals surface area contributed by atoms with Gasteiger partial charge in [0.2, 0.25) is 0 Å². The fourth-order valence-electron chi connectivity index (χ4n) is 5.30. The first-order valence-electron chi connectivity index (χ1n) is 15.5. The molecule has 47 heavy (non-hydrogen) atoms. The van der Waals surface area contributed by atoms with E-state index in [1.54, 1.807) is 0 Å². The van der Waals surface area contributed by atoms with E-state index >= 15 is 0 Å². The number of hydrogen-bond acceptors (Lipinski definition) is 6. The summed E-state index contributed by atoms with van der Waals surface area (Å²) in [6.07, 6.45) is 0.779. The Kier molecular flexibility index (Phi) is 9.28. The lowest BCUT2D eigenvalue weighted by Gasteiger charge is -2.19. The van der Waals surface area contributed by atoms with E-state index in [0.29, 0.717) is 50.5 Å². The SMILES string of the molecule is Brc1ccc(-c2n[nH]c(CNC(=NCc3cccc(Oc4cccc5ccccc45)c3)NCCc3ccc4c(c3)OCCO4)n2)cc1. The smallest absolute Gasteiger partial charge is 0.191 e. The molecule has 1 aliphatic rings. The van der Waals surface area contributed by atoms with Crippen molar-refractivity contribution in [3.8, 4) is 34.4 Å². The standard InChI is InChI=1S/C37H33BrN6O3/c38-29-14-12-28(13-15-29)36-42-35(43-44-36)24-41-37(39-18-17-25-11-16-33-34(22-25)46-20-19-45-33)40-23-26-5-3-8-30(21-26)47-32-10-4-7-27-6-1-2-9-31(27)32/h1-16,21-22H,17-20,23-24H2,(H2,39,40,41)(H,42,43,44). The van der Waals surface area contributed by atoms with Crippen molar-refractivity contribution in [2.45, 2.75) is 19.5 Å². The van der Waals surface area contributed by atoms with E-state index in [1.165, 1.54) is 0 Å². The highest BCUT2D eigenvalue weighted by atomic mass is 79.9. The van der Waals surface area contributed by atoms with Crippen LogP contribution in [0.15, 0.2) is 119 Å². The highest BCUT2D eigenvalue weighted by Gasteiger charge is 2.12. The fourth-order valence-corrected chi connectivity index (χ4v) is 5.57. The van der Waals surface area contributed by atoms with E-state index < -0.39 is 0 Å². The third-order valence-electron chi connectivity index (χ3n) is 7.67. The second-order valence-corrected chi connectivity index (χ2v) is 11.9. The molecule has 0 saturated heterocycles. The number of nitrogens with one attached hydrogen (secondary N) is 3. The summed E-state index contributed by atoms with van der Waals surface area (Å²) in [6, 6.07) is 36.3. The van der Waals surface area contributed by atoms with Crippen molar-refractivity contribution < 1.29 is 14.2 Å². The summed E-state index contributed by atoms with van der Waals surface area (Å²) in [5, 5.41) is 16.5. The van der Waals surface area contributed by atoms with Crippen LogP contribution in [-0.4, -0.2) is 40.9 Å². The predicted molar refractivity (Wildman–Crippen MR) is 187 cm³/mol. The van der Waals surface area contributed by atoms with E-state index in [1.807, 2.05) is 84.9 Å². The molecule has 0 aliphatic carbocycles. The Morgan fingerprint density at radius 2 is 1.66 bits per heavy atom. The zero-order chi connectivity index (χ0) is 31.8. The highest BCUT2D eigenvalue weighted by Crippen LogP contribution is 2.31. The Hall–Kier alpha value is -5.35. The molecule has 0 fully saturated rings. The first-order chi connectivity index (χ1) is 23.2. The first kappa shape index (κ1) is 30.3. The first-order valence-corrected chi connectivity index (χ1v) is 16.3. The minimum atomic E-state index is 0.420. The van der Waals surface area contributed by atoms with Gasteiger partial charge in [0, 0.05) is 22.0 Å². The maximum atomic E-state index is 6.32. The molecule has 10 heteroatoms. The van der Waals surface area contributed by atoms with Crippen LogP contribution in [0, 0.1) is 0 Å². The van der Waals surface area contributed by atoms with E-state index in [0.717, 1.165) is 61.4 Å². The molecule has 0 spiro atoms. The number of rotatable bonds is 10. The van der Waals surface area contributed by atoms with Gasteiger partial charge in [-0.2, -0.15) is 5.10 Å². The Morgan fingerprint density at radius 1 is 0.830 bits per heavy atom. The number of hydrogen-bond donors (Lipinski definition) is 3. The largest absolute Gasteiger partial charge is 0.486 e. The second-order valence-electron chi connectivity index (χ2n) is 11.0. The molecule has 0 amide bonds. The molecular weight excluding hydrogens is 656 g/mol. The summed E-state index contributed by atoms with van der Waals surface area (Å²) >= 11 is 3.48. The van der Waals surface area contributed by atoms with Gasteiger partial charge in [-0.05, 0) is 65.4 Å². The van der Waals surface area contributed by atoms with Crippen LogP contribution in [0.5, 0.6) is 23.0 Å². The van der Waals surface area contributed by atoms with Gasteiger partial charge in [-0.25, -0.2) is 9.98 Å². The van der Waals surface area contributed by atoms with E-state index in [9.17, 15) is 0 Å². The van der Waals surface area contributed by atoms with Crippen molar-refractivity contribution in [2.75, 3.05) is 19.8 Å². The number of nitrogens with zero attached hydrogens (tertiary/aromatic N) is 3. The number of halogens is 1. The highest BCUT2D eigenvalue weighted by molar-refractivity contribution is 9.10. The van der Waals surface area contributed by atoms with E-state index in [-0.39, 0.29) is 0 Å². The second kappa shape index (κ2) is 14.4. The Balaban J connectivity index is 1.04. The number of aromatic amines is 1. The van der Waals surface area contributed by atoms with Gasteiger partial charge < -0.3 is 24.8 Å². The van der Waals surface area contributed by atoms with Crippen molar-refractivity contribution in [3.63, 3.8) is 0 Å². The molecule has 9 nitrogen and oxygen atoms in total. The molecule has 0 unspecified atom stereocenters. The van der Waals surface area contributed by atoms with Crippen LogP contribution >= 0.6 is 15.9 Å². The maximum Gasteiger partial charge on any atom is 0.191 e. The van der Waals surface area contributed by atoms with Crippen LogP contribution in [0.25, 0.3) is 22.2 Å². The molecule has 6 aromatic rings. The van der Waals surface area contributed by atoms with Gasteiger partial charge in [0.25, 0.3) is 0 Å². The summed E-state index contributed by atoms with van der Waals surface area (Å²) in [6.45, 7) is 2.68. The minimum absolute atomic E-state index is 0.420. The Labute approximate surface area is 281 Å². The van der Waals surface area contributed by atoms with Crippen LogP contribution in [0.4, 0.5) is 0 Å². The van der Waals surface area contributed by atoms with E-state index in [2.05, 4.69) is 66.0 Å². The van der Waals surface area contributed by atoms with Gasteiger partial charge in [-0.1, -0.05) is 82.7 Å². The quantitative estimate of drug-likeness (QED) is 0.102. The number of guanidine groups is 1. The molecule has 0 saturated carbocycles. The normalized spacial score (nSPS) is 12.6. The topological polar surface area (TPSA) is 106 Å². The summed E-state index contributed by atoms with van der Waals surface area (Å²) in [5.74, 6) is 5.16. The molecule has 2 heterocycles. The number of benzene rings is 5. The molecule has 7 rings (SSSR count). The number of ether oxygens (including phenoxy) is 3. The number of aliphatic imine (C=N–C) groups is 1. The van der Waals surface area contributed by atoms with Gasteiger partial charge in [0.05, 0.1) is 13.1 Å². The molecule has 0 radical (unpaired) electrons. The van der Waals surface area contributed by atoms with Gasteiger partial charge in [-0.15, -0.1) is 0 Å². The van der Waals surface area contributed by atoms with E-state index in [4.69, 9.17) is 19.2 Å². The van der Waals surface area contributed by atoms with Gasteiger partial charge in [0.15, 0.2) is 23.3 Å². The third kappa shape index (κ3) is 7.73. The third-order valence-corrected chi connectivity index (χ3v) is 8.19. The minimum Gasteiger partial charge on any atom is -0.486 e. The van der Waals surface area contributed by atoms with Gasteiger partial charge in [0.1, 0.15) is 30.5 Å². The van der Waals surface area contributed by atoms with Crippen molar-refractivity contribution in [2.24, 2.45) is 4.99 Å². The molecular formula is C37H33BrN6O3. The summed E-state index contributed by atoms with van der Waals surface area (Å²) in [7, 11) is 0. The summed E-state index contributed by atoms with van der Waals surface area (Å²) in [5.41, 5.74) is 3.11. The van der Waals surface area contributed by atoms with Crippen LogP contribution in [-0.2, 0) is 19.5 Å². The summed E-state index contributed by atoms with van der Waals surface area (Å²) in [4.78, 5) is 9.58. The van der Waals surface area contributed by atoms with Crippen molar-refractivity contribution >= 4 is 32.7 Å². The summed E-state index contributed by atoms with van der Waals surface area (Å²) < 4.78 is 18.8. The molecule has 1 aromatic heterocycles. The van der Waals surface area contributed by atoms with Crippen LogP contribution in [0.2, 0.25) is 0 Å². The monoisotopic (exact) mass is 688 g/mol. The number of H-pyrrole nitrogens is 1. The van der Waals surface area contributed by atoms with Crippen molar-refractivity contribution in [3.05, 3.63) is 131 Å². The zero-order valence-electron chi connectivity index (χ0n) is 25.6. The average molecular weight is 690 g/mol. The van der Waals surface area contributed by atoms with Crippen LogP contribution in [0.3, 0.4) is 0 Å². The zero-order valence-corrected chi connectivity index (χ0v) is 27.2. The Bertz CT molecular complexity index is 2000. The predicted octanol–water partition coefficient (Wildman–Crippen LogP) is 7.43. The van der Waals surface area contributed by atoms with Crippen LogP contribution < -0.4 is 24.8 Å². The number of fused-ring (bicyclic) bond motifs is 2. The lowest BCUT2D eigenvalue weighted by molar-refractivity contribution is 0.171. The molecule has 236 valence electrons. The van der Waals surface area contributed by atoms with Crippen LogP contribution in [0.1, 0.15) is 17.0 Å². The maximum absolute atomic E-state index is 6.32. The Morgan fingerprint density at radius 3 is 2.57 bits per heavy atom. The molecule has 5 aromatic carbocycles. The molecule has 3 N–H and O–H groups in total. The number of aromatic nitrogens is 3. The molecule has 1 aliphatic heterocycles. The van der Waals surface area contributed by atoms with Gasteiger partial charge >= 0.3 is 0 Å². The lowest BCUT2D eigenvalue weighted by atomic mass is 10.1. The molecule has 0 atom stereocenters. The van der Waals surface area contributed by atoms with Crippen molar-refractivity contribution in [1.29, 1.82) is 0 Å². The molecule has 0 bridgehead atoms. The lowest BCUT2D eigenvalue weighted by Crippen LogP contribution is -2.38. The van der Waals surface area contributed by atoms with Gasteiger partial charge in [-0.3, -0.25) is 5.10 Å². The average Bonchev–Trinajstić information content (AvgIpc) is 3.59. The van der Waals surface area contributed by atoms with Crippen molar-refractivity contribution in [1.82, 2.24) is 25.8 Å². The fraction of sp³-hybridized carbons (Fsp3) is 0.162.